The van der Waals surface area contributed by atoms with Gasteiger partial charge in [-0.25, -0.2) is 4.39 Å². The molecule has 1 unspecified atom stereocenters. The zero-order chi connectivity index (χ0) is 23.9. The summed E-state index contributed by atoms with van der Waals surface area (Å²) in [5.74, 6) is -0.427. The molecule has 0 aliphatic carbocycles. The van der Waals surface area contributed by atoms with Crippen LogP contribution in [-0.4, -0.2) is 28.6 Å². The van der Waals surface area contributed by atoms with Crippen LogP contribution in [0.2, 0.25) is 0 Å². The second-order valence-electron chi connectivity index (χ2n) is 8.70. The van der Waals surface area contributed by atoms with Gasteiger partial charge in [0.1, 0.15) is 11.6 Å². The van der Waals surface area contributed by atoms with Crippen molar-refractivity contribution in [2.24, 2.45) is 0 Å². The van der Waals surface area contributed by atoms with E-state index in [2.05, 4.69) is 0 Å². The fraction of sp³-hybridized carbons (Fsp3) is 0.375. The van der Waals surface area contributed by atoms with Gasteiger partial charge in [-0.05, 0) is 48.6 Å². The van der Waals surface area contributed by atoms with Crippen LogP contribution in [0, 0.1) is 12.7 Å². The van der Waals surface area contributed by atoms with Crippen molar-refractivity contribution < 1.29 is 27.4 Å². The number of hydrogen-bond donors (Lipinski definition) is 1. The molecule has 1 aromatic heterocycles. The average Bonchev–Trinajstić information content (AvgIpc) is 2.70. The minimum absolute atomic E-state index is 0.184. The molecule has 0 bridgehead atoms. The zero-order valence-electron chi connectivity index (χ0n) is 18.3. The lowest BCUT2D eigenvalue weighted by molar-refractivity contribution is -0.271. The number of halogens is 4. The first-order valence-corrected chi connectivity index (χ1v) is 10.0. The first kappa shape index (κ1) is 23.8. The van der Waals surface area contributed by atoms with Gasteiger partial charge in [-0.15, -0.1) is 0 Å². The van der Waals surface area contributed by atoms with Crippen molar-refractivity contribution in [1.29, 1.82) is 0 Å². The lowest BCUT2D eigenvalue weighted by atomic mass is 9.74. The van der Waals surface area contributed by atoms with Crippen LogP contribution < -0.4 is 10.3 Å². The summed E-state index contributed by atoms with van der Waals surface area (Å²) in [5.41, 5.74) is -4.16. The Morgan fingerprint density at radius 1 is 1.06 bits per heavy atom. The van der Waals surface area contributed by atoms with Gasteiger partial charge in [0, 0.05) is 17.0 Å². The summed E-state index contributed by atoms with van der Waals surface area (Å²) in [5, 5.41) is 11.6. The Hall–Kier alpha value is -2.87. The Labute approximate surface area is 183 Å². The number of benzene rings is 2. The van der Waals surface area contributed by atoms with Crippen LogP contribution in [0.5, 0.6) is 5.75 Å². The molecule has 0 fully saturated rings. The van der Waals surface area contributed by atoms with Crippen molar-refractivity contribution in [3.05, 3.63) is 75.8 Å². The van der Waals surface area contributed by atoms with Crippen LogP contribution in [0.3, 0.4) is 0 Å². The average molecular weight is 451 g/mol. The summed E-state index contributed by atoms with van der Waals surface area (Å²) >= 11 is 0. The minimum Gasteiger partial charge on any atom is -0.496 e. The summed E-state index contributed by atoms with van der Waals surface area (Å²) in [4.78, 5) is 12.7. The Morgan fingerprint density at radius 2 is 1.72 bits per heavy atom. The van der Waals surface area contributed by atoms with E-state index in [0.717, 1.165) is 16.7 Å². The first-order valence-electron chi connectivity index (χ1n) is 10.0. The molecule has 172 valence electrons. The molecule has 32 heavy (non-hydrogen) atoms. The van der Waals surface area contributed by atoms with Crippen molar-refractivity contribution in [3.8, 4) is 5.75 Å². The molecule has 0 aliphatic heterocycles. The van der Waals surface area contributed by atoms with Crippen LogP contribution in [-0.2, 0) is 12.0 Å². The number of aryl methyl sites for hydroxylation is 1. The molecule has 0 aliphatic rings. The van der Waals surface area contributed by atoms with Crippen LogP contribution >= 0.6 is 0 Å². The highest BCUT2D eigenvalue weighted by Crippen LogP contribution is 2.44. The molecule has 0 amide bonds. The maximum atomic E-state index is 14.2. The largest absolute Gasteiger partial charge is 0.496 e. The van der Waals surface area contributed by atoms with Crippen LogP contribution in [0.1, 0.15) is 31.4 Å². The van der Waals surface area contributed by atoms with E-state index in [0.29, 0.717) is 16.5 Å². The highest BCUT2D eigenvalue weighted by Gasteiger charge is 2.56. The Bertz CT molecular complexity index is 1200. The predicted molar refractivity (Wildman–Crippen MR) is 115 cm³/mol. The lowest BCUT2D eigenvalue weighted by Crippen LogP contribution is -2.53. The maximum Gasteiger partial charge on any atom is 0.418 e. The number of methoxy groups -OCH3 is 1. The number of rotatable bonds is 6. The molecule has 0 spiro atoms. The summed E-state index contributed by atoms with van der Waals surface area (Å²) < 4.78 is 62.8. The highest BCUT2D eigenvalue weighted by molar-refractivity contribution is 5.82. The van der Waals surface area contributed by atoms with E-state index < -0.39 is 41.5 Å². The van der Waals surface area contributed by atoms with E-state index >= 15 is 0 Å². The summed E-state index contributed by atoms with van der Waals surface area (Å²) in [6, 6.07) is 11.4. The van der Waals surface area contributed by atoms with Crippen LogP contribution in [0.15, 0.2) is 53.3 Å². The smallest absolute Gasteiger partial charge is 0.418 e. The summed E-state index contributed by atoms with van der Waals surface area (Å²) in [7, 11) is 1.33. The lowest BCUT2D eigenvalue weighted by Gasteiger charge is -2.38. The second kappa shape index (κ2) is 8.24. The molecule has 1 heterocycles. The predicted octanol–water partition coefficient (Wildman–Crippen LogP) is 5.12. The third-order valence-corrected chi connectivity index (χ3v) is 5.80. The van der Waals surface area contributed by atoms with E-state index in [1.54, 1.807) is 31.2 Å². The van der Waals surface area contributed by atoms with Gasteiger partial charge in [0.15, 0.2) is 5.60 Å². The monoisotopic (exact) mass is 451 g/mol. The number of ether oxygens (including phenoxy) is 1. The Morgan fingerprint density at radius 3 is 2.34 bits per heavy atom. The van der Waals surface area contributed by atoms with Crippen molar-refractivity contribution >= 4 is 10.9 Å². The van der Waals surface area contributed by atoms with Crippen LogP contribution in [0.4, 0.5) is 17.6 Å². The number of para-hydroxylation sites is 1. The topological polar surface area (TPSA) is 51.5 Å². The van der Waals surface area contributed by atoms with Crippen molar-refractivity contribution in [3.63, 3.8) is 0 Å². The molecule has 3 rings (SSSR count). The number of alkyl halides is 3. The van der Waals surface area contributed by atoms with Gasteiger partial charge < -0.3 is 14.4 Å². The number of hydrogen-bond acceptors (Lipinski definition) is 3. The molecule has 1 N–H and O–H groups in total. The molecule has 8 heteroatoms. The van der Waals surface area contributed by atoms with Gasteiger partial charge in [0.05, 0.1) is 19.2 Å². The molecule has 4 nitrogen and oxygen atoms in total. The normalized spacial score (nSPS) is 14.4. The van der Waals surface area contributed by atoms with Crippen molar-refractivity contribution in [1.82, 2.24) is 4.57 Å². The zero-order valence-corrected chi connectivity index (χ0v) is 18.3. The molecule has 0 saturated heterocycles. The van der Waals surface area contributed by atoms with Gasteiger partial charge in [-0.1, -0.05) is 32.0 Å². The molecule has 2 aromatic carbocycles. The number of aromatic nitrogens is 1. The van der Waals surface area contributed by atoms with Gasteiger partial charge in [-0.3, -0.25) is 4.79 Å². The third kappa shape index (κ3) is 4.37. The standard InChI is InChI=1S/C24H25F4NO3/c1-15-11-21(30)29(19-8-6-5-7-17(15)19)14-23(31,24(26,27)28)13-22(2,3)18-12-16(25)9-10-20(18)32-4/h5-12,31H,13-14H2,1-4H3. The first-order chi connectivity index (χ1) is 14.8. The van der Waals surface area contributed by atoms with E-state index in [1.165, 1.54) is 33.1 Å². The Kier molecular flexibility index (Phi) is 6.12. The Balaban J connectivity index is 2.13. The fourth-order valence-electron chi connectivity index (χ4n) is 4.21. The molecule has 0 radical (unpaired) electrons. The van der Waals surface area contributed by atoms with Gasteiger partial charge in [-0.2, -0.15) is 13.2 Å². The van der Waals surface area contributed by atoms with E-state index in [9.17, 15) is 27.5 Å². The molecular weight excluding hydrogens is 426 g/mol. The van der Waals surface area contributed by atoms with E-state index in [-0.39, 0.29) is 11.3 Å². The molecule has 1 atom stereocenters. The minimum atomic E-state index is -5.06. The molecule has 0 saturated carbocycles. The highest BCUT2D eigenvalue weighted by atomic mass is 19.4. The molecular formula is C24H25F4NO3. The van der Waals surface area contributed by atoms with Crippen LogP contribution in [0.25, 0.3) is 10.9 Å². The quantitative estimate of drug-likeness (QED) is 0.530. The summed E-state index contributed by atoms with van der Waals surface area (Å²) in [6.45, 7) is 3.63. The van der Waals surface area contributed by atoms with Crippen molar-refractivity contribution in [2.45, 2.75) is 50.9 Å². The van der Waals surface area contributed by atoms with Crippen molar-refractivity contribution in [2.75, 3.05) is 7.11 Å². The second-order valence-corrected chi connectivity index (χ2v) is 8.70. The van der Waals surface area contributed by atoms with Gasteiger partial charge >= 0.3 is 6.18 Å². The summed E-state index contributed by atoms with van der Waals surface area (Å²) in [6.07, 6.45) is -5.88. The van der Waals surface area contributed by atoms with E-state index in [1.807, 2.05) is 0 Å². The number of aliphatic hydroxyl groups is 1. The SMILES string of the molecule is COc1ccc(F)cc1C(C)(C)CC(O)(Cn1c(=O)cc(C)c2ccccc21)C(F)(F)F. The maximum absolute atomic E-state index is 14.2. The number of nitrogens with zero attached hydrogens (tertiary/aromatic N) is 1. The van der Waals surface area contributed by atoms with Gasteiger partial charge in [0.2, 0.25) is 0 Å². The number of pyridine rings is 1. The van der Waals surface area contributed by atoms with E-state index in [4.69, 9.17) is 4.74 Å². The molecule has 3 aromatic rings. The van der Waals surface area contributed by atoms with Gasteiger partial charge in [0.25, 0.3) is 5.56 Å². The fourth-order valence-corrected chi connectivity index (χ4v) is 4.21. The third-order valence-electron chi connectivity index (χ3n) is 5.80. The number of fused-ring (bicyclic) bond motifs is 1.